The van der Waals surface area contributed by atoms with E-state index in [1.807, 2.05) is 59.3 Å². The van der Waals surface area contributed by atoms with Gasteiger partial charge in [0.05, 0.1) is 18.3 Å². The summed E-state index contributed by atoms with van der Waals surface area (Å²) in [6.07, 6.45) is 3.81. The predicted octanol–water partition coefficient (Wildman–Crippen LogP) is 4.55. The number of furan rings is 1. The summed E-state index contributed by atoms with van der Waals surface area (Å²) in [5.41, 5.74) is 2.56. The Labute approximate surface area is 148 Å². The van der Waals surface area contributed by atoms with Crippen molar-refractivity contribution in [1.82, 2.24) is 9.38 Å². The molecule has 4 rings (SSSR count). The molecular formula is C19H16N2O3S. The third-order valence-corrected chi connectivity index (χ3v) is 4.90. The fourth-order valence-corrected chi connectivity index (χ4v) is 3.76. The van der Waals surface area contributed by atoms with Crippen LogP contribution in [0.2, 0.25) is 0 Å². The second-order valence-corrected chi connectivity index (χ2v) is 6.39. The van der Waals surface area contributed by atoms with E-state index in [1.54, 1.807) is 18.7 Å². The number of thioether (sulfide) groups is 1. The monoisotopic (exact) mass is 352 g/mol. The molecule has 0 bridgehead atoms. The summed E-state index contributed by atoms with van der Waals surface area (Å²) in [5.74, 6) is 0.415. The zero-order valence-corrected chi connectivity index (χ0v) is 14.5. The van der Waals surface area contributed by atoms with E-state index in [2.05, 4.69) is 4.98 Å². The van der Waals surface area contributed by atoms with Gasteiger partial charge in [-0.3, -0.25) is 4.40 Å². The van der Waals surface area contributed by atoms with Gasteiger partial charge in [0.25, 0.3) is 0 Å². The molecule has 3 aromatic heterocycles. The van der Waals surface area contributed by atoms with Gasteiger partial charge in [-0.15, -0.1) is 0 Å². The Morgan fingerprint density at radius 3 is 2.96 bits per heavy atom. The Morgan fingerprint density at radius 1 is 1.24 bits per heavy atom. The number of aromatic nitrogens is 2. The zero-order chi connectivity index (χ0) is 17.2. The number of rotatable bonds is 5. The van der Waals surface area contributed by atoms with E-state index in [9.17, 15) is 4.79 Å². The van der Waals surface area contributed by atoms with Crippen molar-refractivity contribution in [3.8, 4) is 0 Å². The van der Waals surface area contributed by atoms with Crippen molar-refractivity contribution in [2.75, 3.05) is 6.61 Å². The van der Waals surface area contributed by atoms with E-state index in [-0.39, 0.29) is 5.76 Å². The molecule has 5 nitrogen and oxygen atoms in total. The van der Waals surface area contributed by atoms with Crippen LogP contribution in [0.4, 0.5) is 0 Å². The lowest BCUT2D eigenvalue weighted by Gasteiger charge is -2.03. The van der Waals surface area contributed by atoms with Gasteiger partial charge in [0.2, 0.25) is 5.76 Å². The summed E-state index contributed by atoms with van der Waals surface area (Å²) in [6.45, 7) is 2.10. The molecule has 25 heavy (non-hydrogen) atoms. The highest BCUT2D eigenvalue weighted by molar-refractivity contribution is 7.98. The van der Waals surface area contributed by atoms with Crippen LogP contribution < -0.4 is 0 Å². The quantitative estimate of drug-likeness (QED) is 0.390. The van der Waals surface area contributed by atoms with E-state index in [0.29, 0.717) is 17.9 Å². The largest absolute Gasteiger partial charge is 0.460 e. The fraction of sp³-hybridized carbons (Fsp3) is 0.158. The predicted molar refractivity (Wildman–Crippen MR) is 96.9 cm³/mol. The van der Waals surface area contributed by atoms with E-state index >= 15 is 0 Å². The molecule has 0 aliphatic heterocycles. The minimum absolute atomic E-state index is 0.274. The second-order valence-electron chi connectivity index (χ2n) is 5.45. The molecular weight excluding hydrogens is 336 g/mol. The Kier molecular flexibility index (Phi) is 4.19. The SMILES string of the molecule is CCOC(=O)c1oc2ccccc2c1CSc1ncc2ccccn12. The number of pyridine rings is 1. The first-order valence-electron chi connectivity index (χ1n) is 8.00. The van der Waals surface area contributed by atoms with Crippen LogP contribution in [0.15, 0.2) is 64.4 Å². The molecule has 0 unspecified atom stereocenters. The maximum atomic E-state index is 12.3. The number of carbonyl (C=O) groups is 1. The van der Waals surface area contributed by atoms with Crippen LogP contribution in [0.1, 0.15) is 23.0 Å². The summed E-state index contributed by atoms with van der Waals surface area (Å²) in [7, 11) is 0. The Bertz CT molecular complexity index is 1050. The van der Waals surface area contributed by atoms with Gasteiger partial charge in [0, 0.05) is 22.9 Å². The van der Waals surface area contributed by atoms with Crippen molar-refractivity contribution in [3.63, 3.8) is 0 Å². The average molecular weight is 352 g/mol. The third kappa shape index (κ3) is 2.89. The van der Waals surface area contributed by atoms with Crippen molar-refractivity contribution in [3.05, 3.63) is 66.2 Å². The van der Waals surface area contributed by atoms with Crippen molar-refractivity contribution >= 4 is 34.2 Å². The highest BCUT2D eigenvalue weighted by atomic mass is 32.2. The van der Waals surface area contributed by atoms with Crippen LogP contribution in [-0.4, -0.2) is 22.0 Å². The van der Waals surface area contributed by atoms with Crippen LogP contribution in [0.3, 0.4) is 0 Å². The van der Waals surface area contributed by atoms with Crippen molar-refractivity contribution in [2.24, 2.45) is 0 Å². The number of ether oxygens (including phenoxy) is 1. The number of hydrogen-bond acceptors (Lipinski definition) is 5. The fourth-order valence-electron chi connectivity index (χ4n) is 2.77. The third-order valence-electron chi connectivity index (χ3n) is 3.91. The van der Waals surface area contributed by atoms with E-state index < -0.39 is 5.97 Å². The minimum atomic E-state index is -0.428. The minimum Gasteiger partial charge on any atom is -0.460 e. The Balaban J connectivity index is 1.70. The lowest BCUT2D eigenvalue weighted by atomic mass is 10.1. The first-order valence-corrected chi connectivity index (χ1v) is 8.99. The van der Waals surface area contributed by atoms with Crippen molar-refractivity contribution < 1.29 is 13.9 Å². The highest BCUT2D eigenvalue weighted by Gasteiger charge is 2.22. The van der Waals surface area contributed by atoms with Gasteiger partial charge in [0.1, 0.15) is 5.58 Å². The number of fused-ring (bicyclic) bond motifs is 2. The topological polar surface area (TPSA) is 56.7 Å². The number of imidazole rings is 1. The molecule has 0 fully saturated rings. The van der Waals surface area contributed by atoms with Gasteiger partial charge in [-0.2, -0.15) is 0 Å². The van der Waals surface area contributed by atoms with Gasteiger partial charge in [-0.25, -0.2) is 9.78 Å². The summed E-state index contributed by atoms with van der Waals surface area (Å²) >= 11 is 1.56. The molecule has 0 spiro atoms. The molecule has 6 heteroatoms. The molecule has 0 aliphatic rings. The number of esters is 1. The average Bonchev–Trinajstić information content (AvgIpc) is 3.21. The molecule has 0 amide bonds. The molecule has 0 atom stereocenters. The molecule has 126 valence electrons. The first-order chi connectivity index (χ1) is 12.3. The van der Waals surface area contributed by atoms with Crippen LogP contribution >= 0.6 is 11.8 Å². The smallest absolute Gasteiger partial charge is 0.374 e. The lowest BCUT2D eigenvalue weighted by molar-refractivity contribution is 0.0491. The standard InChI is InChI=1S/C19H16N2O3S/c1-2-23-18(22)17-15(14-8-3-4-9-16(14)24-17)12-25-19-20-11-13-7-5-6-10-21(13)19/h3-11H,2,12H2,1H3. The number of carbonyl (C=O) groups excluding carboxylic acids is 1. The zero-order valence-electron chi connectivity index (χ0n) is 13.6. The van der Waals surface area contributed by atoms with Crippen LogP contribution in [0, 0.1) is 0 Å². The van der Waals surface area contributed by atoms with Crippen LogP contribution in [0.5, 0.6) is 0 Å². The van der Waals surface area contributed by atoms with E-state index in [1.165, 1.54) is 0 Å². The van der Waals surface area contributed by atoms with Crippen LogP contribution in [-0.2, 0) is 10.5 Å². The summed E-state index contributed by atoms with van der Waals surface area (Å²) in [5, 5.41) is 1.80. The van der Waals surface area contributed by atoms with Gasteiger partial charge in [-0.05, 0) is 25.1 Å². The molecule has 0 saturated carbocycles. The van der Waals surface area contributed by atoms with Crippen molar-refractivity contribution in [2.45, 2.75) is 17.8 Å². The second kappa shape index (κ2) is 6.64. The maximum absolute atomic E-state index is 12.3. The number of para-hydroxylation sites is 1. The Hall–Kier alpha value is -2.73. The maximum Gasteiger partial charge on any atom is 0.374 e. The summed E-state index contributed by atoms with van der Waals surface area (Å²) in [6, 6.07) is 13.6. The summed E-state index contributed by atoms with van der Waals surface area (Å²) in [4.78, 5) is 16.7. The summed E-state index contributed by atoms with van der Waals surface area (Å²) < 4.78 is 12.9. The number of nitrogens with zero attached hydrogens (tertiary/aromatic N) is 2. The number of benzene rings is 1. The van der Waals surface area contributed by atoms with Crippen LogP contribution in [0.25, 0.3) is 16.5 Å². The molecule has 0 radical (unpaired) electrons. The first kappa shape index (κ1) is 15.8. The Morgan fingerprint density at radius 2 is 2.08 bits per heavy atom. The normalized spacial score (nSPS) is 11.2. The van der Waals surface area contributed by atoms with Gasteiger partial charge in [0.15, 0.2) is 5.16 Å². The number of hydrogen-bond donors (Lipinski definition) is 0. The van der Waals surface area contributed by atoms with Gasteiger partial charge in [-0.1, -0.05) is 36.0 Å². The van der Waals surface area contributed by atoms with Gasteiger partial charge >= 0.3 is 5.97 Å². The molecule has 0 N–H and O–H groups in total. The van der Waals surface area contributed by atoms with E-state index in [4.69, 9.17) is 9.15 Å². The molecule has 3 heterocycles. The van der Waals surface area contributed by atoms with Gasteiger partial charge < -0.3 is 9.15 Å². The molecule has 0 aliphatic carbocycles. The van der Waals surface area contributed by atoms with Crippen molar-refractivity contribution in [1.29, 1.82) is 0 Å². The molecule has 4 aromatic rings. The highest BCUT2D eigenvalue weighted by Crippen LogP contribution is 2.32. The lowest BCUT2D eigenvalue weighted by Crippen LogP contribution is -2.05. The van der Waals surface area contributed by atoms with E-state index in [0.717, 1.165) is 21.6 Å². The molecule has 0 saturated heterocycles. The molecule has 1 aromatic carbocycles.